The molecule has 1 N–H and O–H groups in total. The van der Waals surface area contributed by atoms with E-state index in [-0.39, 0.29) is 18.1 Å². The van der Waals surface area contributed by atoms with Gasteiger partial charge in [-0.1, -0.05) is 27.2 Å². The van der Waals surface area contributed by atoms with Gasteiger partial charge < -0.3 is 9.80 Å². The molecule has 0 radical (unpaired) electrons. The van der Waals surface area contributed by atoms with Gasteiger partial charge in [-0.05, 0) is 33.4 Å². The van der Waals surface area contributed by atoms with Crippen LogP contribution < -0.4 is 5.32 Å². The quantitative estimate of drug-likeness (QED) is 0.781. The molecular weight excluding hydrogens is 226 g/mol. The Hall–Kier alpha value is -0.610. The zero-order valence-corrected chi connectivity index (χ0v) is 12.7. The van der Waals surface area contributed by atoms with Crippen LogP contribution in [0.5, 0.6) is 0 Å². The van der Waals surface area contributed by atoms with Gasteiger partial charge in [-0.15, -0.1) is 0 Å². The summed E-state index contributed by atoms with van der Waals surface area (Å²) in [6.07, 6.45) is 2.36. The van der Waals surface area contributed by atoms with E-state index in [1.54, 1.807) is 0 Å². The van der Waals surface area contributed by atoms with E-state index in [2.05, 4.69) is 52.0 Å². The number of carbonyl (C=O) groups is 1. The van der Waals surface area contributed by atoms with Crippen LogP contribution in [0.15, 0.2) is 0 Å². The summed E-state index contributed by atoms with van der Waals surface area (Å²) in [5, 5.41) is 3.49. The van der Waals surface area contributed by atoms with Gasteiger partial charge in [-0.3, -0.25) is 10.1 Å². The summed E-state index contributed by atoms with van der Waals surface area (Å²) in [6, 6.07) is 0.386. The van der Waals surface area contributed by atoms with Crippen LogP contribution in [0.25, 0.3) is 0 Å². The largest absolute Gasteiger partial charge is 0.324 e. The molecule has 0 aromatic heterocycles. The summed E-state index contributed by atoms with van der Waals surface area (Å²) < 4.78 is 0. The molecule has 1 fully saturated rings. The molecule has 1 aliphatic rings. The summed E-state index contributed by atoms with van der Waals surface area (Å²) in [4.78, 5) is 16.6. The van der Waals surface area contributed by atoms with E-state index in [1.807, 2.05) is 4.90 Å². The highest BCUT2D eigenvalue weighted by Crippen LogP contribution is 2.20. The van der Waals surface area contributed by atoms with Crippen LogP contribution in [-0.4, -0.2) is 54.6 Å². The second kappa shape index (κ2) is 6.53. The van der Waals surface area contributed by atoms with Crippen LogP contribution in [0, 0.1) is 5.92 Å². The monoisotopic (exact) mass is 255 g/mol. The Kier molecular flexibility index (Phi) is 5.60. The third kappa shape index (κ3) is 3.45. The summed E-state index contributed by atoms with van der Waals surface area (Å²) in [5.41, 5.74) is 0. The van der Waals surface area contributed by atoms with Gasteiger partial charge >= 0.3 is 0 Å². The molecule has 0 aromatic rings. The summed E-state index contributed by atoms with van der Waals surface area (Å²) in [5.74, 6) is 0.633. The first-order valence-corrected chi connectivity index (χ1v) is 7.11. The number of carbonyl (C=O) groups excluding carboxylic acids is 1. The van der Waals surface area contributed by atoms with Crippen LogP contribution in [0.1, 0.15) is 40.5 Å². The van der Waals surface area contributed by atoms with Crippen LogP contribution in [0.3, 0.4) is 0 Å². The number of nitrogens with one attached hydrogen (secondary N) is 1. The third-order valence-corrected chi connectivity index (χ3v) is 3.87. The zero-order valence-electron chi connectivity index (χ0n) is 12.7. The molecular formula is C14H29N3O. The highest BCUT2D eigenvalue weighted by Gasteiger charge is 2.40. The molecule has 106 valence electrons. The Bertz CT molecular complexity index is 278. The minimum Gasteiger partial charge on any atom is -0.324 e. The van der Waals surface area contributed by atoms with Crippen LogP contribution >= 0.6 is 0 Å². The first-order chi connectivity index (χ1) is 8.38. The van der Waals surface area contributed by atoms with E-state index in [4.69, 9.17) is 0 Å². The summed E-state index contributed by atoms with van der Waals surface area (Å²) in [6.45, 7) is 9.36. The number of hydrogen-bond donors (Lipinski definition) is 1. The van der Waals surface area contributed by atoms with Gasteiger partial charge in [0, 0.05) is 12.6 Å². The van der Waals surface area contributed by atoms with Crippen LogP contribution in [-0.2, 0) is 4.79 Å². The standard InChI is InChI=1S/C14H29N3O/c1-7-8-12-15-13(10(2)3)14(18)17(12)9-11(4)16(5)6/h10-13,15H,7-9H2,1-6H3. The van der Waals surface area contributed by atoms with E-state index in [0.29, 0.717) is 12.0 Å². The highest BCUT2D eigenvalue weighted by molar-refractivity contribution is 5.84. The molecule has 1 saturated heterocycles. The molecule has 4 nitrogen and oxygen atoms in total. The van der Waals surface area contributed by atoms with Gasteiger partial charge in [0.1, 0.15) is 0 Å². The fraction of sp³-hybridized carbons (Fsp3) is 0.929. The van der Waals surface area contributed by atoms with E-state index in [9.17, 15) is 4.79 Å². The fourth-order valence-corrected chi connectivity index (χ4v) is 2.36. The van der Waals surface area contributed by atoms with Gasteiger partial charge in [-0.25, -0.2) is 0 Å². The maximum Gasteiger partial charge on any atom is 0.241 e. The Morgan fingerprint density at radius 3 is 2.39 bits per heavy atom. The molecule has 3 unspecified atom stereocenters. The minimum atomic E-state index is -0.00378. The summed E-state index contributed by atoms with van der Waals surface area (Å²) in [7, 11) is 4.13. The molecule has 1 aliphatic heterocycles. The van der Waals surface area contributed by atoms with E-state index < -0.39 is 0 Å². The van der Waals surface area contributed by atoms with Gasteiger partial charge in [0.05, 0.1) is 12.2 Å². The third-order valence-electron chi connectivity index (χ3n) is 3.87. The Balaban J connectivity index is 2.74. The molecule has 0 aliphatic carbocycles. The van der Waals surface area contributed by atoms with Gasteiger partial charge in [0.25, 0.3) is 0 Å². The SMILES string of the molecule is CCCC1NC(C(C)C)C(=O)N1CC(C)N(C)C. The predicted molar refractivity (Wildman–Crippen MR) is 75.3 cm³/mol. The lowest BCUT2D eigenvalue weighted by Crippen LogP contribution is -2.45. The van der Waals surface area contributed by atoms with Crippen molar-refractivity contribution in [2.24, 2.45) is 5.92 Å². The number of rotatable bonds is 6. The average molecular weight is 255 g/mol. The normalized spacial score (nSPS) is 26.4. The van der Waals surface area contributed by atoms with Crippen molar-refractivity contribution in [3.8, 4) is 0 Å². The maximum atomic E-state index is 12.4. The van der Waals surface area contributed by atoms with Crippen molar-refractivity contribution in [1.82, 2.24) is 15.1 Å². The lowest BCUT2D eigenvalue weighted by Gasteiger charge is -2.30. The highest BCUT2D eigenvalue weighted by atomic mass is 16.2. The van der Waals surface area contributed by atoms with Crippen LogP contribution in [0.4, 0.5) is 0 Å². The molecule has 18 heavy (non-hydrogen) atoms. The van der Waals surface area contributed by atoms with E-state index in [0.717, 1.165) is 19.4 Å². The molecule has 1 amide bonds. The maximum absolute atomic E-state index is 12.4. The molecule has 0 spiro atoms. The van der Waals surface area contributed by atoms with Crippen molar-refractivity contribution in [3.63, 3.8) is 0 Å². The topological polar surface area (TPSA) is 35.6 Å². The van der Waals surface area contributed by atoms with Crippen molar-refractivity contribution in [1.29, 1.82) is 0 Å². The smallest absolute Gasteiger partial charge is 0.241 e. The van der Waals surface area contributed by atoms with Crippen molar-refractivity contribution in [2.45, 2.75) is 58.8 Å². The molecule has 0 saturated carbocycles. The lowest BCUT2D eigenvalue weighted by molar-refractivity contribution is -0.131. The molecule has 0 aromatic carbocycles. The number of hydrogen-bond acceptors (Lipinski definition) is 3. The number of likely N-dealkylation sites (N-methyl/N-ethyl adjacent to an activating group) is 1. The second-order valence-corrected chi connectivity index (χ2v) is 6.00. The van der Waals surface area contributed by atoms with Gasteiger partial charge in [-0.2, -0.15) is 0 Å². The summed E-state index contributed by atoms with van der Waals surface area (Å²) >= 11 is 0. The number of nitrogens with zero attached hydrogens (tertiary/aromatic N) is 2. The fourth-order valence-electron chi connectivity index (χ4n) is 2.36. The van der Waals surface area contributed by atoms with E-state index >= 15 is 0 Å². The lowest BCUT2D eigenvalue weighted by atomic mass is 10.0. The minimum absolute atomic E-state index is 0.00378. The van der Waals surface area contributed by atoms with Gasteiger partial charge in [0.15, 0.2) is 0 Å². The second-order valence-electron chi connectivity index (χ2n) is 6.00. The Morgan fingerprint density at radius 2 is 1.94 bits per heavy atom. The molecule has 1 heterocycles. The molecule has 1 rings (SSSR count). The average Bonchev–Trinajstić information content (AvgIpc) is 2.58. The first-order valence-electron chi connectivity index (χ1n) is 7.11. The van der Waals surface area contributed by atoms with Crippen molar-refractivity contribution < 1.29 is 4.79 Å². The number of amides is 1. The van der Waals surface area contributed by atoms with Gasteiger partial charge in [0.2, 0.25) is 5.91 Å². The molecule has 0 bridgehead atoms. The van der Waals surface area contributed by atoms with Crippen molar-refractivity contribution in [3.05, 3.63) is 0 Å². The van der Waals surface area contributed by atoms with Crippen LogP contribution in [0.2, 0.25) is 0 Å². The molecule has 4 heteroatoms. The van der Waals surface area contributed by atoms with Crippen molar-refractivity contribution in [2.75, 3.05) is 20.6 Å². The first kappa shape index (κ1) is 15.4. The van der Waals surface area contributed by atoms with Crippen molar-refractivity contribution >= 4 is 5.91 Å². The van der Waals surface area contributed by atoms with E-state index in [1.165, 1.54) is 0 Å². The Labute approximate surface area is 112 Å². The zero-order chi connectivity index (χ0) is 13.9. The Morgan fingerprint density at radius 1 is 1.33 bits per heavy atom. The molecule has 3 atom stereocenters. The predicted octanol–water partition coefficient (Wildman–Crippen LogP) is 1.52.